The van der Waals surface area contributed by atoms with Crippen LogP contribution in [0.2, 0.25) is 0 Å². The molecule has 8 heteroatoms. The molecule has 0 saturated carbocycles. The van der Waals surface area contributed by atoms with E-state index in [4.69, 9.17) is 11.6 Å². The summed E-state index contributed by atoms with van der Waals surface area (Å²) in [6.07, 6.45) is 17.0. The van der Waals surface area contributed by atoms with Crippen LogP contribution >= 0.6 is 23.5 Å². The van der Waals surface area contributed by atoms with E-state index in [0.29, 0.717) is 17.4 Å². The summed E-state index contributed by atoms with van der Waals surface area (Å²) < 4.78 is 3.85. The number of allylic oxidation sites excluding steroid dienone is 4. The van der Waals surface area contributed by atoms with E-state index < -0.39 is 0 Å². The second-order valence-electron chi connectivity index (χ2n) is 10.7. The number of halogens is 1. The number of likely N-dealkylation sites (tertiary alicyclic amines) is 1. The predicted molar refractivity (Wildman–Crippen MR) is 152 cm³/mol. The molecule has 9 N–H and O–H groups in total. The molecule has 0 amide bonds. The van der Waals surface area contributed by atoms with E-state index in [1.165, 1.54) is 57.5 Å². The molecule has 1 aliphatic heterocycles. The number of piperidine rings is 1. The molecule has 34 heavy (non-hydrogen) atoms. The smallest absolute Gasteiger partial charge is 0.0516 e. The minimum atomic E-state index is 0. The SMILES string of the molecule is C.CC(C)[C@H](CN1CC[C@H](C2C=CC(Cl)CC2)C(C)(C)C1)NSCC1CC=CCC1.O.O.O.O. The topological polar surface area (TPSA) is 141 Å². The second-order valence-corrected chi connectivity index (χ2v) is 12.1. The zero-order valence-electron chi connectivity index (χ0n) is 21.1. The van der Waals surface area contributed by atoms with Crippen LogP contribution in [0, 0.1) is 29.1 Å². The maximum atomic E-state index is 6.29. The average Bonchev–Trinajstić information content (AvgIpc) is 2.68. The van der Waals surface area contributed by atoms with Crippen LogP contribution in [0.25, 0.3) is 0 Å². The molecule has 3 rings (SSSR count). The third-order valence-corrected chi connectivity index (χ3v) is 8.91. The van der Waals surface area contributed by atoms with Crippen LogP contribution in [0.4, 0.5) is 0 Å². The van der Waals surface area contributed by atoms with E-state index in [0.717, 1.165) is 24.2 Å². The lowest BCUT2D eigenvalue weighted by atomic mass is 9.65. The van der Waals surface area contributed by atoms with Crippen molar-refractivity contribution in [2.24, 2.45) is 29.1 Å². The van der Waals surface area contributed by atoms with Gasteiger partial charge in [0.2, 0.25) is 0 Å². The van der Waals surface area contributed by atoms with Crippen LogP contribution in [0.1, 0.15) is 73.6 Å². The Morgan fingerprint density at radius 2 is 1.74 bits per heavy atom. The fraction of sp³-hybridized carbons (Fsp3) is 0.846. The molecule has 0 radical (unpaired) electrons. The van der Waals surface area contributed by atoms with Crippen molar-refractivity contribution < 1.29 is 21.9 Å². The Kier molecular flexibility index (Phi) is 20.5. The van der Waals surface area contributed by atoms with Gasteiger partial charge in [0, 0.05) is 24.9 Å². The maximum Gasteiger partial charge on any atom is 0.0516 e. The number of nitrogens with one attached hydrogen (secondary N) is 1. The number of hydrogen-bond donors (Lipinski definition) is 1. The molecule has 0 aromatic rings. The first-order valence-corrected chi connectivity index (χ1v) is 13.3. The second kappa shape index (κ2) is 18.2. The van der Waals surface area contributed by atoms with Crippen LogP contribution in [0.15, 0.2) is 24.3 Å². The number of nitrogens with zero attached hydrogens (tertiary/aromatic N) is 1. The molecule has 0 spiro atoms. The standard InChI is InChI=1S/C25H43ClN2S.CH4.4H2O/c1-19(2)24(27-29-17-20-8-6-5-7-9-20)16-28-15-14-23(25(3,4)18-28)21-10-12-22(26)13-11-21;;;;;/h5-6,10,12,19-24,27H,7-9,11,13-18H2,1-4H3;1H4;4*1H2/t20?,21?,22?,23-,24+;;;;;/m1...../s1. The summed E-state index contributed by atoms with van der Waals surface area (Å²) >= 11 is 8.26. The number of hydrogen-bond acceptors (Lipinski definition) is 3. The summed E-state index contributed by atoms with van der Waals surface area (Å²) in [6, 6.07) is 0.568. The largest absolute Gasteiger partial charge is 0.412 e. The first-order chi connectivity index (χ1) is 13.8. The van der Waals surface area contributed by atoms with Crippen LogP contribution < -0.4 is 4.72 Å². The monoisotopic (exact) mass is 526 g/mol. The number of rotatable bonds is 8. The molecule has 206 valence electrons. The van der Waals surface area contributed by atoms with E-state index in [2.05, 4.69) is 61.6 Å². The van der Waals surface area contributed by atoms with Crippen molar-refractivity contribution in [3.63, 3.8) is 0 Å². The highest BCUT2D eigenvalue weighted by Crippen LogP contribution is 2.43. The van der Waals surface area contributed by atoms with E-state index in [1.807, 2.05) is 11.9 Å². The lowest BCUT2D eigenvalue weighted by molar-refractivity contribution is 0.0236. The van der Waals surface area contributed by atoms with Crippen molar-refractivity contribution in [1.82, 2.24) is 9.62 Å². The van der Waals surface area contributed by atoms with Gasteiger partial charge in [-0.2, -0.15) is 0 Å². The molecule has 1 fully saturated rings. The quantitative estimate of drug-likeness (QED) is 0.291. The first-order valence-electron chi connectivity index (χ1n) is 11.9. The average molecular weight is 527 g/mol. The minimum Gasteiger partial charge on any atom is -0.412 e. The molecule has 3 unspecified atom stereocenters. The summed E-state index contributed by atoms with van der Waals surface area (Å²) in [5.41, 5.74) is 0.371. The van der Waals surface area contributed by atoms with Gasteiger partial charge in [0.05, 0.1) is 5.38 Å². The fourth-order valence-electron chi connectivity index (χ4n) is 5.52. The summed E-state index contributed by atoms with van der Waals surface area (Å²) in [4.78, 5) is 2.73. The third kappa shape index (κ3) is 11.3. The van der Waals surface area contributed by atoms with Gasteiger partial charge in [-0.1, -0.05) is 71.4 Å². The molecule has 0 aromatic carbocycles. The highest BCUT2D eigenvalue weighted by Gasteiger charge is 2.40. The molecular formula is C26H55ClN2O4S. The van der Waals surface area contributed by atoms with E-state index in [-0.39, 0.29) is 34.7 Å². The van der Waals surface area contributed by atoms with Crippen LogP contribution in [0.5, 0.6) is 0 Å². The van der Waals surface area contributed by atoms with Gasteiger partial charge in [-0.15, -0.1) is 11.6 Å². The maximum absolute atomic E-state index is 6.29. The van der Waals surface area contributed by atoms with Gasteiger partial charge in [0.25, 0.3) is 0 Å². The Bertz CT molecular complexity index is 577. The third-order valence-electron chi connectivity index (χ3n) is 7.44. The Morgan fingerprint density at radius 3 is 2.26 bits per heavy atom. The lowest BCUT2D eigenvalue weighted by Crippen LogP contribution is -2.52. The molecule has 2 aliphatic carbocycles. The van der Waals surface area contributed by atoms with Crippen molar-refractivity contribution in [2.75, 3.05) is 25.4 Å². The molecule has 0 aromatic heterocycles. The molecule has 6 nitrogen and oxygen atoms in total. The van der Waals surface area contributed by atoms with Gasteiger partial charge >= 0.3 is 0 Å². The van der Waals surface area contributed by atoms with Gasteiger partial charge in [-0.3, -0.25) is 4.72 Å². The van der Waals surface area contributed by atoms with E-state index >= 15 is 0 Å². The molecule has 1 heterocycles. The summed E-state index contributed by atoms with van der Waals surface area (Å²) in [7, 11) is 0. The number of alkyl halides is 1. The highest BCUT2D eigenvalue weighted by atomic mass is 35.5. The summed E-state index contributed by atoms with van der Waals surface area (Å²) in [5.74, 6) is 4.28. The molecule has 0 bridgehead atoms. The van der Waals surface area contributed by atoms with Crippen LogP contribution in [-0.2, 0) is 0 Å². The molecule has 3 aliphatic rings. The van der Waals surface area contributed by atoms with E-state index in [1.54, 1.807) is 0 Å². The van der Waals surface area contributed by atoms with Crippen LogP contribution in [0.3, 0.4) is 0 Å². The van der Waals surface area contributed by atoms with Gasteiger partial charge in [0.15, 0.2) is 0 Å². The Morgan fingerprint density at radius 1 is 1.03 bits per heavy atom. The fourth-order valence-corrected chi connectivity index (χ4v) is 6.93. The predicted octanol–water partition coefficient (Wildman–Crippen LogP) is 3.86. The zero-order chi connectivity index (χ0) is 20.9. The summed E-state index contributed by atoms with van der Waals surface area (Å²) in [6.45, 7) is 13.4. The van der Waals surface area contributed by atoms with E-state index in [9.17, 15) is 0 Å². The lowest BCUT2D eigenvalue weighted by Gasteiger charge is -2.48. The molecule has 1 saturated heterocycles. The van der Waals surface area contributed by atoms with Crippen molar-refractivity contribution in [2.45, 2.75) is 85.1 Å². The Hall–Kier alpha value is -0.120. The van der Waals surface area contributed by atoms with Crippen LogP contribution in [-0.4, -0.2) is 63.6 Å². The van der Waals surface area contributed by atoms with Gasteiger partial charge in [-0.25, -0.2) is 0 Å². The summed E-state index contributed by atoms with van der Waals surface area (Å²) in [5, 5.41) is 0.259. The van der Waals surface area contributed by atoms with Crippen molar-refractivity contribution in [3.8, 4) is 0 Å². The zero-order valence-corrected chi connectivity index (χ0v) is 22.7. The van der Waals surface area contributed by atoms with Crippen molar-refractivity contribution in [3.05, 3.63) is 24.3 Å². The minimum absolute atomic E-state index is 0. The first kappa shape index (κ1) is 38.4. The van der Waals surface area contributed by atoms with Crippen molar-refractivity contribution >= 4 is 23.5 Å². The normalized spacial score (nSPS) is 28.9. The molecular weight excluding hydrogens is 472 g/mol. The van der Waals surface area contributed by atoms with Gasteiger partial charge in [0.1, 0.15) is 0 Å². The van der Waals surface area contributed by atoms with Gasteiger partial charge < -0.3 is 26.8 Å². The van der Waals surface area contributed by atoms with Crippen molar-refractivity contribution in [1.29, 1.82) is 0 Å². The molecule has 5 atom stereocenters. The Labute approximate surface area is 218 Å². The highest BCUT2D eigenvalue weighted by molar-refractivity contribution is 7.97. The Balaban J connectivity index is -0.00000192. The van der Waals surface area contributed by atoms with Gasteiger partial charge in [-0.05, 0) is 74.2 Å².